The Morgan fingerprint density at radius 3 is 2.53 bits per heavy atom. The summed E-state index contributed by atoms with van der Waals surface area (Å²) in [6.07, 6.45) is 1.45. The molecule has 0 aliphatic carbocycles. The van der Waals surface area contributed by atoms with Crippen LogP contribution in [0.25, 0.3) is 0 Å². The summed E-state index contributed by atoms with van der Waals surface area (Å²) >= 11 is 0. The van der Waals surface area contributed by atoms with Gasteiger partial charge in [0, 0.05) is 31.9 Å². The van der Waals surface area contributed by atoms with Gasteiger partial charge in [-0.1, -0.05) is 19.1 Å². The standard InChI is InChI=1S/C15H23N3O/c1-3-15(17)13-5-7-14(8-6-13)18(10-4-9-16)11-12-19-2/h5-8,15H,3-4,10-12,17H2,1-2H3. The number of anilines is 1. The second-order valence-electron chi connectivity index (χ2n) is 4.49. The topological polar surface area (TPSA) is 62.3 Å². The number of hydrogen-bond donors (Lipinski definition) is 1. The number of nitrogens with zero attached hydrogens (tertiary/aromatic N) is 2. The summed E-state index contributed by atoms with van der Waals surface area (Å²) < 4.78 is 5.11. The number of rotatable bonds is 8. The van der Waals surface area contributed by atoms with Crippen LogP contribution in [0.15, 0.2) is 24.3 Å². The number of hydrogen-bond acceptors (Lipinski definition) is 4. The number of ether oxygens (including phenoxy) is 1. The van der Waals surface area contributed by atoms with Crippen molar-refractivity contribution in [1.82, 2.24) is 0 Å². The van der Waals surface area contributed by atoms with Gasteiger partial charge in [0.2, 0.25) is 0 Å². The molecule has 0 aromatic heterocycles. The Labute approximate surface area is 115 Å². The highest BCUT2D eigenvalue weighted by Gasteiger charge is 2.08. The lowest BCUT2D eigenvalue weighted by atomic mass is 10.1. The number of methoxy groups -OCH3 is 1. The number of benzene rings is 1. The first-order chi connectivity index (χ1) is 9.22. The van der Waals surface area contributed by atoms with Crippen molar-refractivity contribution in [3.05, 3.63) is 29.8 Å². The van der Waals surface area contributed by atoms with Crippen LogP contribution < -0.4 is 10.6 Å². The van der Waals surface area contributed by atoms with Crippen molar-refractivity contribution < 1.29 is 4.74 Å². The molecule has 4 nitrogen and oxygen atoms in total. The van der Waals surface area contributed by atoms with Crippen molar-refractivity contribution in [1.29, 1.82) is 5.26 Å². The molecule has 2 N–H and O–H groups in total. The highest BCUT2D eigenvalue weighted by molar-refractivity contribution is 5.48. The van der Waals surface area contributed by atoms with E-state index in [9.17, 15) is 0 Å². The fourth-order valence-electron chi connectivity index (χ4n) is 1.92. The quantitative estimate of drug-likeness (QED) is 0.781. The number of nitriles is 1. The van der Waals surface area contributed by atoms with Crippen LogP contribution in [0, 0.1) is 11.3 Å². The minimum atomic E-state index is 0.0978. The Morgan fingerprint density at radius 2 is 2.00 bits per heavy atom. The van der Waals surface area contributed by atoms with Crippen LogP contribution in [-0.2, 0) is 4.74 Å². The Hall–Kier alpha value is -1.57. The van der Waals surface area contributed by atoms with Gasteiger partial charge in [-0.3, -0.25) is 0 Å². The summed E-state index contributed by atoms with van der Waals surface area (Å²) in [6, 6.07) is 10.5. The molecular weight excluding hydrogens is 238 g/mol. The third-order valence-electron chi connectivity index (χ3n) is 3.19. The Bertz CT molecular complexity index is 397. The van der Waals surface area contributed by atoms with Gasteiger partial charge in [-0.15, -0.1) is 0 Å². The van der Waals surface area contributed by atoms with Crippen LogP contribution in [0.5, 0.6) is 0 Å². The van der Waals surface area contributed by atoms with E-state index < -0.39 is 0 Å². The van der Waals surface area contributed by atoms with E-state index in [1.807, 2.05) is 0 Å². The van der Waals surface area contributed by atoms with Gasteiger partial charge in [-0.25, -0.2) is 0 Å². The Morgan fingerprint density at radius 1 is 1.32 bits per heavy atom. The van der Waals surface area contributed by atoms with Gasteiger partial charge in [0.25, 0.3) is 0 Å². The number of nitrogens with two attached hydrogens (primary N) is 1. The van der Waals surface area contributed by atoms with Gasteiger partial charge >= 0.3 is 0 Å². The van der Waals surface area contributed by atoms with Crippen molar-refractivity contribution >= 4 is 5.69 Å². The lowest BCUT2D eigenvalue weighted by molar-refractivity contribution is 0.205. The maximum atomic E-state index is 8.71. The summed E-state index contributed by atoms with van der Waals surface area (Å²) in [5.74, 6) is 0. The van der Waals surface area contributed by atoms with Gasteiger partial charge in [-0.2, -0.15) is 5.26 Å². The molecule has 19 heavy (non-hydrogen) atoms. The molecule has 104 valence electrons. The minimum absolute atomic E-state index is 0.0978. The summed E-state index contributed by atoms with van der Waals surface area (Å²) in [7, 11) is 1.69. The Balaban J connectivity index is 2.75. The Kier molecular flexibility index (Phi) is 6.94. The van der Waals surface area contributed by atoms with Gasteiger partial charge < -0.3 is 15.4 Å². The van der Waals surface area contributed by atoms with Crippen LogP contribution in [0.2, 0.25) is 0 Å². The molecule has 0 bridgehead atoms. The fraction of sp³-hybridized carbons (Fsp3) is 0.533. The van der Waals surface area contributed by atoms with E-state index in [2.05, 4.69) is 42.2 Å². The molecule has 0 spiro atoms. The van der Waals surface area contributed by atoms with Crippen LogP contribution in [0.3, 0.4) is 0 Å². The smallest absolute Gasteiger partial charge is 0.0640 e. The fourth-order valence-corrected chi connectivity index (χ4v) is 1.92. The molecule has 0 radical (unpaired) electrons. The first-order valence-corrected chi connectivity index (χ1v) is 6.69. The average molecular weight is 261 g/mol. The maximum Gasteiger partial charge on any atom is 0.0640 e. The van der Waals surface area contributed by atoms with E-state index >= 15 is 0 Å². The molecule has 0 aliphatic rings. The largest absolute Gasteiger partial charge is 0.383 e. The van der Waals surface area contributed by atoms with E-state index in [0.717, 1.165) is 30.8 Å². The second kappa shape index (κ2) is 8.52. The van der Waals surface area contributed by atoms with Crippen LogP contribution >= 0.6 is 0 Å². The molecule has 1 aromatic rings. The molecule has 0 saturated carbocycles. The summed E-state index contributed by atoms with van der Waals surface area (Å²) in [5, 5.41) is 8.71. The van der Waals surface area contributed by atoms with Crippen molar-refractivity contribution in [3.63, 3.8) is 0 Å². The molecule has 1 aromatic carbocycles. The first kappa shape index (κ1) is 15.5. The zero-order chi connectivity index (χ0) is 14.1. The molecule has 0 fully saturated rings. The molecule has 0 saturated heterocycles. The van der Waals surface area contributed by atoms with Gasteiger partial charge in [0.1, 0.15) is 0 Å². The van der Waals surface area contributed by atoms with Gasteiger partial charge in [-0.05, 0) is 24.1 Å². The third-order valence-corrected chi connectivity index (χ3v) is 3.19. The molecule has 0 amide bonds. The zero-order valence-electron chi connectivity index (χ0n) is 11.8. The van der Waals surface area contributed by atoms with Gasteiger partial charge in [0.05, 0.1) is 19.1 Å². The molecule has 1 rings (SSSR count). The highest BCUT2D eigenvalue weighted by Crippen LogP contribution is 2.19. The first-order valence-electron chi connectivity index (χ1n) is 6.69. The van der Waals surface area contributed by atoms with Gasteiger partial charge in [0.15, 0.2) is 0 Å². The minimum Gasteiger partial charge on any atom is -0.383 e. The van der Waals surface area contributed by atoms with Crippen molar-refractivity contribution in [2.45, 2.75) is 25.8 Å². The molecule has 0 heterocycles. The summed E-state index contributed by atoms with van der Waals surface area (Å²) in [4.78, 5) is 2.16. The molecule has 1 unspecified atom stereocenters. The van der Waals surface area contributed by atoms with E-state index in [-0.39, 0.29) is 6.04 Å². The highest BCUT2D eigenvalue weighted by atomic mass is 16.5. The van der Waals surface area contributed by atoms with Crippen LogP contribution in [-0.4, -0.2) is 26.8 Å². The van der Waals surface area contributed by atoms with Crippen molar-refractivity contribution in [2.75, 3.05) is 31.7 Å². The van der Waals surface area contributed by atoms with E-state index in [0.29, 0.717) is 13.0 Å². The van der Waals surface area contributed by atoms with Crippen LogP contribution in [0.1, 0.15) is 31.4 Å². The molecule has 4 heteroatoms. The van der Waals surface area contributed by atoms with Crippen molar-refractivity contribution in [2.24, 2.45) is 5.73 Å². The van der Waals surface area contributed by atoms with E-state index in [1.165, 1.54) is 0 Å². The lowest BCUT2D eigenvalue weighted by Gasteiger charge is -2.24. The second-order valence-corrected chi connectivity index (χ2v) is 4.49. The molecular formula is C15H23N3O. The van der Waals surface area contributed by atoms with E-state index in [1.54, 1.807) is 7.11 Å². The average Bonchev–Trinajstić information content (AvgIpc) is 2.47. The third kappa shape index (κ3) is 4.90. The monoisotopic (exact) mass is 261 g/mol. The summed E-state index contributed by atoms with van der Waals surface area (Å²) in [6.45, 7) is 4.24. The maximum absolute atomic E-state index is 8.71. The zero-order valence-corrected chi connectivity index (χ0v) is 11.8. The van der Waals surface area contributed by atoms with Crippen molar-refractivity contribution in [3.8, 4) is 6.07 Å². The molecule has 1 atom stereocenters. The normalized spacial score (nSPS) is 11.9. The predicted octanol–water partition coefficient (Wildman–Crippen LogP) is 2.46. The predicted molar refractivity (Wildman–Crippen MR) is 78.0 cm³/mol. The lowest BCUT2D eigenvalue weighted by Crippen LogP contribution is -2.28. The summed E-state index contributed by atoms with van der Waals surface area (Å²) in [5.41, 5.74) is 8.27. The van der Waals surface area contributed by atoms with Crippen LogP contribution in [0.4, 0.5) is 5.69 Å². The SMILES string of the molecule is CCC(N)c1ccc(N(CCC#N)CCOC)cc1. The molecule has 0 aliphatic heterocycles. The van der Waals surface area contributed by atoms with E-state index in [4.69, 9.17) is 15.7 Å².